The van der Waals surface area contributed by atoms with Crippen molar-refractivity contribution in [1.82, 2.24) is 9.97 Å². The molecule has 3 aromatic rings. The molecule has 5 nitrogen and oxygen atoms in total. The molecule has 0 aliphatic rings. The summed E-state index contributed by atoms with van der Waals surface area (Å²) in [4.78, 5) is 20.0. The van der Waals surface area contributed by atoms with Crippen LogP contribution in [0.3, 0.4) is 0 Å². The lowest BCUT2D eigenvalue weighted by Crippen LogP contribution is -2.19. The molecule has 1 aromatic carbocycles. The van der Waals surface area contributed by atoms with Crippen LogP contribution in [0.15, 0.2) is 48.0 Å². The van der Waals surface area contributed by atoms with Gasteiger partial charge in [-0.25, -0.2) is 19.2 Å². The molecule has 0 atom stereocenters. The van der Waals surface area contributed by atoms with E-state index in [0.29, 0.717) is 16.5 Å². The van der Waals surface area contributed by atoms with Gasteiger partial charge in [-0.3, -0.25) is 5.32 Å². The number of nitrogens with zero attached hydrogens (tertiary/aromatic N) is 2. The molecule has 0 unspecified atom stereocenters. The molecule has 2 amide bonds. The van der Waals surface area contributed by atoms with Crippen molar-refractivity contribution in [3.63, 3.8) is 0 Å². The van der Waals surface area contributed by atoms with Crippen LogP contribution >= 0.6 is 22.9 Å². The van der Waals surface area contributed by atoms with E-state index < -0.39 is 6.03 Å². The molecule has 0 saturated heterocycles. The highest BCUT2D eigenvalue weighted by Crippen LogP contribution is 2.25. The Kier molecular flexibility index (Phi) is 4.50. The summed E-state index contributed by atoms with van der Waals surface area (Å²) in [5.74, 6) is -0.308. The van der Waals surface area contributed by atoms with Crippen LogP contribution in [0.2, 0.25) is 5.15 Å². The standard InChI is InChI=1S/C15H10ClFN4OS/c16-13-7-11(5-6-18-13)19-14(22)21-15-20-12(8-23-15)9-1-3-10(17)4-2-9/h1-8H,(H2,18,19,20,21,22). The topological polar surface area (TPSA) is 66.9 Å². The van der Waals surface area contributed by atoms with Crippen molar-refractivity contribution >= 4 is 39.8 Å². The van der Waals surface area contributed by atoms with Gasteiger partial charge in [0.05, 0.1) is 5.69 Å². The smallest absolute Gasteiger partial charge is 0.307 e. The summed E-state index contributed by atoms with van der Waals surface area (Å²) >= 11 is 7.03. The van der Waals surface area contributed by atoms with Crippen molar-refractivity contribution in [2.75, 3.05) is 10.6 Å². The largest absolute Gasteiger partial charge is 0.325 e. The maximum absolute atomic E-state index is 12.9. The van der Waals surface area contributed by atoms with Crippen molar-refractivity contribution in [2.24, 2.45) is 0 Å². The molecule has 0 aliphatic carbocycles. The maximum Gasteiger partial charge on any atom is 0.325 e. The van der Waals surface area contributed by atoms with Gasteiger partial charge in [-0.1, -0.05) is 11.6 Å². The van der Waals surface area contributed by atoms with Crippen LogP contribution in [0, 0.1) is 5.82 Å². The second kappa shape index (κ2) is 6.72. The Hall–Kier alpha value is -2.51. The fraction of sp³-hybridized carbons (Fsp3) is 0. The first-order valence-electron chi connectivity index (χ1n) is 6.51. The Morgan fingerprint density at radius 2 is 1.96 bits per heavy atom. The number of pyridine rings is 1. The van der Waals surface area contributed by atoms with Crippen molar-refractivity contribution in [2.45, 2.75) is 0 Å². The van der Waals surface area contributed by atoms with Gasteiger partial charge >= 0.3 is 6.03 Å². The average Bonchev–Trinajstić information content (AvgIpc) is 2.96. The first kappa shape index (κ1) is 15.4. The molecular weight excluding hydrogens is 339 g/mol. The molecule has 2 aromatic heterocycles. The minimum Gasteiger partial charge on any atom is -0.307 e. The molecule has 2 heterocycles. The van der Waals surface area contributed by atoms with Gasteiger partial charge in [0.1, 0.15) is 11.0 Å². The first-order valence-corrected chi connectivity index (χ1v) is 7.77. The van der Waals surface area contributed by atoms with Crippen molar-refractivity contribution < 1.29 is 9.18 Å². The summed E-state index contributed by atoms with van der Waals surface area (Å²) in [5.41, 5.74) is 1.96. The van der Waals surface area contributed by atoms with Crippen LogP contribution in [-0.2, 0) is 0 Å². The van der Waals surface area contributed by atoms with Gasteiger partial charge in [-0.05, 0) is 36.4 Å². The highest BCUT2D eigenvalue weighted by atomic mass is 35.5. The Morgan fingerprint density at radius 1 is 1.17 bits per heavy atom. The minimum absolute atomic E-state index is 0.288. The molecule has 0 bridgehead atoms. The van der Waals surface area contributed by atoms with Crippen LogP contribution < -0.4 is 10.6 Å². The number of anilines is 2. The Balaban J connectivity index is 1.66. The van der Waals surface area contributed by atoms with Crippen LogP contribution in [0.4, 0.5) is 20.0 Å². The molecule has 0 aliphatic heterocycles. The van der Waals surface area contributed by atoms with E-state index in [9.17, 15) is 9.18 Å². The number of aromatic nitrogens is 2. The Morgan fingerprint density at radius 3 is 2.70 bits per heavy atom. The minimum atomic E-state index is -0.438. The van der Waals surface area contributed by atoms with Crippen molar-refractivity contribution in [3.8, 4) is 11.3 Å². The summed E-state index contributed by atoms with van der Waals surface area (Å²) in [5, 5.41) is 7.77. The average molecular weight is 349 g/mol. The second-order valence-electron chi connectivity index (χ2n) is 4.49. The normalized spacial score (nSPS) is 10.3. The van der Waals surface area contributed by atoms with Gasteiger partial charge in [0.25, 0.3) is 0 Å². The van der Waals surface area contributed by atoms with E-state index in [1.165, 1.54) is 35.7 Å². The molecule has 0 fully saturated rings. The van der Waals surface area contributed by atoms with Crippen molar-refractivity contribution in [3.05, 3.63) is 58.9 Å². The van der Waals surface area contributed by atoms with E-state index in [-0.39, 0.29) is 11.0 Å². The Labute approximate surface area is 140 Å². The third-order valence-electron chi connectivity index (χ3n) is 2.85. The number of nitrogens with one attached hydrogen (secondary N) is 2. The lowest BCUT2D eigenvalue weighted by atomic mass is 10.2. The van der Waals surface area contributed by atoms with E-state index in [1.54, 1.807) is 23.6 Å². The number of rotatable bonds is 3. The van der Waals surface area contributed by atoms with Gasteiger partial charge in [0.2, 0.25) is 0 Å². The maximum atomic E-state index is 12.9. The number of benzene rings is 1. The molecule has 23 heavy (non-hydrogen) atoms. The third kappa shape index (κ3) is 4.02. The predicted molar refractivity (Wildman–Crippen MR) is 89.4 cm³/mol. The van der Waals surface area contributed by atoms with Crippen LogP contribution in [0.5, 0.6) is 0 Å². The monoisotopic (exact) mass is 348 g/mol. The zero-order valence-electron chi connectivity index (χ0n) is 11.6. The van der Waals surface area contributed by atoms with Gasteiger partial charge in [0.15, 0.2) is 5.13 Å². The van der Waals surface area contributed by atoms with Gasteiger partial charge in [-0.15, -0.1) is 11.3 Å². The number of hydrogen-bond acceptors (Lipinski definition) is 4. The molecule has 0 spiro atoms. The van der Waals surface area contributed by atoms with E-state index in [0.717, 1.165) is 5.56 Å². The predicted octanol–water partition coefficient (Wildman–Crippen LogP) is 4.64. The molecule has 8 heteroatoms. The second-order valence-corrected chi connectivity index (χ2v) is 5.74. The van der Waals surface area contributed by atoms with Crippen molar-refractivity contribution in [1.29, 1.82) is 0 Å². The Bertz CT molecular complexity index is 838. The first-order chi connectivity index (χ1) is 11.1. The molecule has 2 N–H and O–H groups in total. The number of carbonyl (C=O) groups is 1. The SMILES string of the molecule is O=C(Nc1ccnc(Cl)c1)Nc1nc(-c2ccc(F)cc2)cs1. The van der Waals surface area contributed by atoms with E-state index >= 15 is 0 Å². The number of amides is 2. The molecule has 0 radical (unpaired) electrons. The van der Waals surface area contributed by atoms with E-state index in [1.807, 2.05) is 0 Å². The molecule has 0 saturated carbocycles. The summed E-state index contributed by atoms with van der Waals surface area (Å²) in [6, 6.07) is 8.71. The van der Waals surface area contributed by atoms with E-state index in [2.05, 4.69) is 20.6 Å². The molecule has 116 valence electrons. The summed E-state index contributed by atoms with van der Waals surface area (Å²) in [6.45, 7) is 0. The lowest BCUT2D eigenvalue weighted by molar-refractivity contribution is 0.262. The lowest BCUT2D eigenvalue weighted by Gasteiger charge is -2.05. The number of thiazole rings is 1. The van der Waals surface area contributed by atoms with Crippen LogP contribution in [0.25, 0.3) is 11.3 Å². The van der Waals surface area contributed by atoms with Gasteiger partial charge in [0, 0.05) is 22.8 Å². The van der Waals surface area contributed by atoms with Crippen LogP contribution in [-0.4, -0.2) is 16.0 Å². The van der Waals surface area contributed by atoms with E-state index in [4.69, 9.17) is 11.6 Å². The zero-order valence-corrected chi connectivity index (χ0v) is 13.2. The zero-order chi connectivity index (χ0) is 16.2. The third-order valence-corrected chi connectivity index (χ3v) is 3.81. The van der Waals surface area contributed by atoms with Gasteiger partial charge < -0.3 is 5.32 Å². The summed E-state index contributed by atoms with van der Waals surface area (Å²) in [6.07, 6.45) is 1.49. The highest BCUT2D eigenvalue weighted by Gasteiger charge is 2.08. The number of hydrogen-bond donors (Lipinski definition) is 2. The fourth-order valence-corrected chi connectivity index (χ4v) is 2.71. The number of urea groups is 1. The number of carbonyl (C=O) groups excluding carboxylic acids is 1. The van der Waals surface area contributed by atoms with Gasteiger partial charge in [-0.2, -0.15) is 0 Å². The molecule has 3 rings (SSSR count). The fourth-order valence-electron chi connectivity index (χ4n) is 1.82. The van der Waals surface area contributed by atoms with Crippen LogP contribution in [0.1, 0.15) is 0 Å². The highest BCUT2D eigenvalue weighted by molar-refractivity contribution is 7.14. The summed E-state index contributed by atoms with van der Waals surface area (Å²) in [7, 11) is 0. The quantitative estimate of drug-likeness (QED) is 0.677. The number of halogens is 2. The summed E-state index contributed by atoms with van der Waals surface area (Å²) < 4.78 is 12.9. The molecular formula is C15H10ClFN4OS.